The molecule has 2 amide bonds. The van der Waals surface area contributed by atoms with E-state index in [1.807, 2.05) is 0 Å². The minimum atomic E-state index is -4.56. The minimum Gasteiger partial charge on any atom is -0.360 e. The predicted molar refractivity (Wildman–Crippen MR) is 103 cm³/mol. The van der Waals surface area contributed by atoms with Crippen LogP contribution in [0.4, 0.5) is 24.5 Å². The van der Waals surface area contributed by atoms with Gasteiger partial charge in [-0.1, -0.05) is 11.6 Å². The molecular weight excluding hydrogens is 411 g/mol. The number of H-pyrrole nitrogens is 1. The molecule has 0 radical (unpaired) electrons. The van der Waals surface area contributed by atoms with Crippen LogP contribution in [0.15, 0.2) is 47.4 Å². The van der Waals surface area contributed by atoms with E-state index in [4.69, 9.17) is 11.6 Å². The Labute approximate surface area is 166 Å². The van der Waals surface area contributed by atoms with Crippen LogP contribution in [0.5, 0.6) is 0 Å². The average Bonchev–Trinajstić information content (AvgIpc) is 2.63. The maximum absolute atomic E-state index is 12.8. The van der Waals surface area contributed by atoms with Crippen LogP contribution in [0.25, 0.3) is 10.9 Å². The molecule has 0 saturated heterocycles. The summed E-state index contributed by atoms with van der Waals surface area (Å²) in [7, 11) is 0. The number of benzene rings is 2. The summed E-state index contributed by atoms with van der Waals surface area (Å²) in [6.07, 6.45) is -3.53. The van der Waals surface area contributed by atoms with Crippen LogP contribution >= 0.6 is 11.6 Å². The van der Waals surface area contributed by atoms with Gasteiger partial charge < -0.3 is 15.6 Å². The van der Waals surface area contributed by atoms with E-state index < -0.39 is 23.1 Å². The molecule has 0 fully saturated rings. The van der Waals surface area contributed by atoms with Crippen LogP contribution in [0.1, 0.15) is 22.8 Å². The fourth-order valence-electron chi connectivity index (χ4n) is 2.66. The van der Waals surface area contributed by atoms with Gasteiger partial charge in [0, 0.05) is 29.7 Å². The summed E-state index contributed by atoms with van der Waals surface area (Å²) in [5, 5.41) is 5.09. The van der Waals surface area contributed by atoms with Gasteiger partial charge in [0.25, 0.3) is 5.91 Å². The number of fused-ring (bicyclic) bond motifs is 1. The zero-order chi connectivity index (χ0) is 21.3. The maximum atomic E-state index is 12.8. The molecular formula is C19H13ClF3N3O3. The summed E-state index contributed by atoms with van der Waals surface area (Å²) in [5.41, 5.74) is -1.48. The van der Waals surface area contributed by atoms with E-state index in [1.54, 1.807) is 0 Å². The highest BCUT2D eigenvalue weighted by atomic mass is 35.5. The Morgan fingerprint density at radius 1 is 1.07 bits per heavy atom. The van der Waals surface area contributed by atoms with E-state index in [9.17, 15) is 27.6 Å². The normalized spacial score (nSPS) is 11.3. The Kier molecular flexibility index (Phi) is 5.34. The van der Waals surface area contributed by atoms with Gasteiger partial charge in [-0.05, 0) is 36.4 Å². The van der Waals surface area contributed by atoms with E-state index >= 15 is 0 Å². The smallest absolute Gasteiger partial charge is 0.360 e. The Hall–Kier alpha value is -3.33. The topological polar surface area (TPSA) is 91.1 Å². The molecule has 6 nitrogen and oxygen atoms in total. The van der Waals surface area contributed by atoms with Crippen molar-refractivity contribution in [2.24, 2.45) is 0 Å². The summed E-state index contributed by atoms with van der Waals surface area (Å²) in [6, 6.07) is 6.97. The molecule has 0 unspecified atom stereocenters. The number of nitrogens with one attached hydrogen (secondary N) is 3. The van der Waals surface area contributed by atoms with E-state index in [1.165, 1.54) is 25.1 Å². The van der Waals surface area contributed by atoms with Gasteiger partial charge in [-0.15, -0.1) is 0 Å². The third-order valence-electron chi connectivity index (χ3n) is 3.99. The fourth-order valence-corrected chi connectivity index (χ4v) is 2.82. The highest BCUT2D eigenvalue weighted by Gasteiger charge is 2.30. The molecule has 1 heterocycles. The Morgan fingerprint density at radius 3 is 2.45 bits per heavy atom. The molecule has 0 spiro atoms. The van der Waals surface area contributed by atoms with Gasteiger partial charge in [-0.25, -0.2) is 0 Å². The van der Waals surface area contributed by atoms with Crippen molar-refractivity contribution < 1.29 is 22.8 Å². The van der Waals surface area contributed by atoms with Crippen molar-refractivity contribution in [1.82, 2.24) is 4.98 Å². The third-order valence-corrected chi connectivity index (χ3v) is 4.32. The molecule has 3 N–H and O–H groups in total. The van der Waals surface area contributed by atoms with Gasteiger partial charge in [0.15, 0.2) is 0 Å². The Balaban J connectivity index is 1.95. The van der Waals surface area contributed by atoms with Gasteiger partial charge in [-0.3, -0.25) is 14.4 Å². The van der Waals surface area contributed by atoms with Gasteiger partial charge in [0.1, 0.15) is 5.56 Å². The zero-order valence-electron chi connectivity index (χ0n) is 14.8. The number of hydrogen-bond donors (Lipinski definition) is 3. The lowest BCUT2D eigenvalue weighted by Gasteiger charge is -2.11. The zero-order valence-corrected chi connectivity index (χ0v) is 15.5. The summed E-state index contributed by atoms with van der Waals surface area (Å²) in [4.78, 5) is 38.8. The van der Waals surface area contributed by atoms with Gasteiger partial charge in [0.05, 0.1) is 16.3 Å². The number of carbonyl (C=O) groups excluding carboxylic acids is 2. The van der Waals surface area contributed by atoms with Crippen LogP contribution in [-0.4, -0.2) is 16.8 Å². The third kappa shape index (κ3) is 4.40. The molecule has 10 heteroatoms. The largest absolute Gasteiger partial charge is 0.416 e. The highest BCUT2D eigenvalue weighted by molar-refractivity contribution is 6.34. The van der Waals surface area contributed by atoms with E-state index in [0.717, 1.165) is 24.4 Å². The molecule has 0 bridgehead atoms. The van der Waals surface area contributed by atoms with Crippen molar-refractivity contribution >= 4 is 45.7 Å². The highest BCUT2D eigenvalue weighted by Crippen LogP contribution is 2.30. The van der Waals surface area contributed by atoms with Gasteiger partial charge in [-0.2, -0.15) is 13.2 Å². The molecule has 150 valence electrons. The number of aromatic amines is 1. The molecule has 3 aromatic rings. The number of anilines is 2. The molecule has 0 aliphatic rings. The number of alkyl halides is 3. The first kappa shape index (κ1) is 20.4. The van der Waals surface area contributed by atoms with Crippen LogP contribution in [0, 0.1) is 0 Å². The van der Waals surface area contributed by atoms with Crippen LogP contribution < -0.4 is 16.1 Å². The first-order chi connectivity index (χ1) is 13.6. The van der Waals surface area contributed by atoms with Crippen LogP contribution in [-0.2, 0) is 11.0 Å². The second-order valence-electron chi connectivity index (χ2n) is 6.12. The number of halogens is 4. The lowest BCUT2D eigenvalue weighted by Crippen LogP contribution is -2.22. The molecule has 0 atom stereocenters. The lowest BCUT2D eigenvalue weighted by atomic mass is 10.1. The molecule has 0 aliphatic carbocycles. The molecule has 0 aliphatic heterocycles. The van der Waals surface area contributed by atoms with Crippen LogP contribution in [0.3, 0.4) is 0 Å². The van der Waals surface area contributed by atoms with Gasteiger partial charge in [0.2, 0.25) is 11.3 Å². The Bertz CT molecular complexity index is 1190. The van der Waals surface area contributed by atoms with Gasteiger partial charge >= 0.3 is 6.18 Å². The van der Waals surface area contributed by atoms with Crippen molar-refractivity contribution in [1.29, 1.82) is 0 Å². The maximum Gasteiger partial charge on any atom is 0.416 e. The second kappa shape index (κ2) is 7.59. The summed E-state index contributed by atoms with van der Waals surface area (Å²) < 4.78 is 38.5. The first-order valence-corrected chi connectivity index (χ1v) is 8.55. The van der Waals surface area contributed by atoms with E-state index in [-0.39, 0.29) is 33.1 Å². The van der Waals surface area contributed by atoms with E-state index in [0.29, 0.717) is 5.69 Å². The number of amides is 2. The number of carbonyl (C=O) groups is 2. The molecule has 3 rings (SSSR count). The van der Waals surface area contributed by atoms with Crippen molar-refractivity contribution in [3.8, 4) is 0 Å². The molecule has 1 aromatic heterocycles. The SMILES string of the molecule is CC(=O)Nc1ccc(Cl)c(NC(=O)c2c[nH]c3cc(C(F)(F)F)ccc3c2=O)c1. The van der Waals surface area contributed by atoms with Crippen molar-refractivity contribution in [2.45, 2.75) is 13.1 Å². The predicted octanol–water partition coefficient (Wildman–Crippen LogP) is 4.41. The molecule has 0 saturated carbocycles. The Morgan fingerprint density at radius 2 is 1.79 bits per heavy atom. The second-order valence-corrected chi connectivity index (χ2v) is 6.53. The number of aromatic nitrogens is 1. The summed E-state index contributed by atoms with van der Waals surface area (Å²) in [6.45, 7) is 1.31. The molecule has 29 heavy (non-hydrogen) atoms. The minimum absolute atomic E-state index is 0.0490. The quantitative estimate of drug-likeness (QED) is 0.582. The fraction of sp³-hybridized carbons (Fsp3) is 0.105. The lowest BCUT2D eigenvalue weighted by molar-refractivity contribution is -0.137. The molecule has 2 aromatic carbocycles. The standard InChI is InChI=1S/C19H13ClF3N3O3/c1-9(27)25-11-3-5-14(20)16(7-11)26-18(29)13-8-24-15-6-10(19(21,22)23)2-4-12(15)17(13)28/h2-8H,1H3,(H,24,28)(H,25,27)(H,26,29). The summed E-state index contributed by atoms with van der Waals surface area (Å²) in [5.74, 6) is -1.14. The van der Waals surface area contributed by atoms with E-state index in [2.05, 4.69) is 15.6 Å². The number of hydrogen-bond acceptors (Lipinski definition) is 3. The monoisotopic (exact) mass is 423 g/mol. The van der Waals surface area contributed by atoms with Crippen molar-refractivity contribution in [3.63, 3.8) is 0 Å². The van der Waals surface area contributed by atoms with Crippen molar-refractivity contribution in [2.75, 3.05) is 10.6 Å². The first-order valence-electron chi connectivity index (χ1n) is 8.17. The average molecular weight is 424 g/mol. The van der Waals surface area contributed by atoms with Crippen LogP contribution in [0.2, 0.25) is 5.02 Å². The van der Waals surface area contributed by atoms with Crippen molar-refractivity contribution in [3.05, 3.63) is 69.0 Å². The summed E-state index contributed by atoms with van der Waals surface area (Å²) >= 11 is 6.04. The number of pyridine rings is 1. The number of rotatable bonds is 3.